The van der Waals surface area contributed by atoms with Gasteiger partial charge in [-0.1, -0.05) is 18.2 Å². The second-order valence-electron chi connectivity index (χ2n) is 1.57. The van der Waals surface area contributed by atoms with E-state index in [9.17, 15) is 0 Å². The van der Waals surface area contributed by atoms with Gasteiger partial charge in [0.25, 0.3) is 0 Å². The van der Waals surface area contributed by atoms with Crippen LogP contribution in [0.1, 0.15) is 0 Å². The quantitative estimate of drug-likeness (QED) is 0.714. The van der Waals surface area contributed by atoms with E-state index < -0.39 is 0 Å². The van der Waals surface area contributed by atoms with Gasteiger partial charge in [-0.25, -0.2) is 2.95 Å². The first kappa shape index (κ1) is 10.3. The Bertz CT molecular complexity index is 178. The molecule has 56 valence electrons. The summed E-state index contributed by atoms with van der Waals surface area (Å²) in [5.41, 5.74) is 1.08. The maximum Gasteiger partial charge on any atom is 0.0617 e. The van der Waals surface area contributed by atoms with Gasteiger partial charge >= 0.3 is 0 Å². The van der Waals surface area contributed by atoms with Gasteiger partial charge < -0.3 is 0 Å². The van der Waals surface area contributed by atoms with Crippen molar-refractivity contribution in [2.45, 2.75) is 0 Å². The molecule has 4 heteroatoms. The van der Waals surface area contributed by atoms with Crippen LogP contribution in [0, 0.1) is 0 Å². The Morgan fingerprint density at radius 3 is 1.80 bits per heavy atom. The highest BCUT2D eigenvalue weighted by Crippen LogP contribution is 2.20. The molecule has 0 saturated carbocycles. The zero-order valence-corrected chi connectivity index (χ0v) is 8.99. The van der Waals surface area contributed by atoms with Crippen molar-refractivity contribution >= 4 is 50.4 Å². The summed E-state index contributed by atoms with van der Waals surface area (Å²) in [5.74, 6) is 0. The molecule has 0 aliphatic heterocycles. The first-order valence-electron chi connectivity index (χ1n) is 2.47. The average molecular weight is 287 g/mol. The van der Waals surface area contributed by atoms with Gasteiger partial charge in [0.2, 0.25) is 0 Å². The Morgan fingerprint density at radius 2 is 1.50 bits per heavy atom. The zero-order valence-electron chi connectivity index (χ0n) is 5.00. The van der Waals surface area contributed by atoms with E-state index in [-0.39, 0.29) is 12.4 Å². The molecule has 0 radical (unpaired) electrons. The predicted octanol–water partition coefficient (Wildman–Crippen LogP) is 3.53. The maximum atomic E-state index is 3.23. The second-order valence-corrected chi connectivity index (χ2v) is 3.94. The molecule has 0 aliphatic rings. The van der Waals surface area contributed by atoms with Crippen LogP contribution >= 0.6 is 44.7 Å². The van der Waals surface area contributed by atoms with Crippen LogP contribution in [-0.4, -0.2) is 0 Å². The molecule has 0 saturated heterocycles. The summed E-state index contributed by atoms with van der Waals surface area (Å²) in [4.78, 5) is 0. The topological polar surface area (TPSA) is 3.24 Å². The van der Waals surface area contributed by atoms with E-state index in [0.29, 0.717) is 0 Å². The van der Waals surface area contributed by atoms with Gasteiger partial charge in [0, 0.05) is 0 Å². The molecule has 0 aliphatic carbocycles. The van der Waals surface area contributed by atoms with Crippen LogP contribution in [0.5, 0.6) is 0 Å². The van der Waals surface area contributed by atoms with Gasteiger partial charge in [-0.2, -0.15) is 0 Å². The lowest BCUT2D eigenvalue weighted by molar-refractivity contribution is 1.64. The van der Waals surface area contributed by atoms with E-state index in [1.807, 2.05) is 30.3 Å². The maximum absolute atomic E-state index is 3.23. The van der Waals surface area contributed by atoms with Crippen molar-refractivity contribution in [2.75, 3.05) is 2.95 Å². The minimum atomic E-state index is 0. The molecule has 0 N–H and O–H groups in total. The van der Waals surface area contributed by atoms with Gasteiger partial charge in [0.1, 0.15) is 0 Å². The monoisotopic (exact) mass is 285 g/mol. The normalized spacial score (nSPS) is 8.20. The Kier molecular flexibility index (Phi) is 5.13. The van der Waals surface area contributed by atoms with E-state index in [1.54, 1.807) is 2.95 Å². The molecule has 0 spiro atoms. The molecule has 1 aromatic rings. The molecule has 1 rings (SSSR count). The summed E-state index contributed by atoms with van der Waals surface area (Å²) in [7, 11) is 0. The van der Waals surface area contributed by atoms with Crippen LogP contribution in [0.15, 0.2) is 30.3 Å². The Morgan fingerprint density at radius 1 is 1.00 bits per heavy atom. The molecule has 0 heterocycles. The number of nitrogens with zero attached hydrogens (tertiary/aromatic N) is 1. The van der Waals surface area contributed by atoms with Crippen LogP contribution in [0.4, 0.5) is 5.69 Å². The molecule has 0 fully saturated rings. The third-order valence-corrected chi connectivity index (χ3v) is 1.77. The molecule has 0 unspecified atom stereocenters. The van der Waals surface area contributed by atoms with Gasteiger partial charge in [-0.3, -0.25) is 0 Å². The van der Waals surface area contributed by atoms with Crippen molar-refractivity contribution in [2.24, 2.45) is 0 Å². The Hall–Kier alpha value is 0.270. The fourth-order valence-electron chi connectivity index (χ4n) is 0.541. The largest absolute Gasteiger partial charge is 0.243 e. The molecule has 0 amide bonds. The highest BCUT2D eigenvalue weighted by atomic mass is 79.9. The third kappa shape index (κ3) is 2.90. The predicted molar refractivity (Wildman–Crippen MR) is 54.0 cm³/mol. The number of para-hydroxylation sites is 1. The van der Waals surface area contributed by atoms with Crippen molar-refractivity contribution < 1.29 is 0 Å². The highest BCUT2D eigenvalue weighted by Gasteiger charge is 1.92. The number of rotatable bonds is 1. The summed E-state index contributed by atoms with van der Waals surface area (Å²) in [6, 6.07) is 9.91. The molecule has 1 nitrogen and oxygen atoms in total. The summed E-state index contributed by atoms with van der Waals surface area (Å²) in [6.45, 7) is 0. The van der Waals surface area contributed by atoms with Gasteiger partial charge in [0.05, 0.1) is 38.0 Å². The van der Waals surface area contributed by atoms with Crippen LogP contribution in [0.2, 0.25) is 0 Å². The average Bonchev–Trinajstić information content (AvgIpc) is 1.90. The fraction of sp³-hybridized carbons (Fsp3) is 0. The zero-order chi connectivity index (χ0) is 6.69. The minimum Gasteiger partial charge on any atom is -0.243 e. The summed E-state index contributed by atoms with van der Waals surface area (Å²) in [6.07, 6.45) is 0. The Labute approximate surface area is 83.5 Å². The SMILES string of the molecule is BrN(Br)c1ccccc1.Cl. The van der Waals surface area contributed by atoms with Crippen LogP contribution < -0.4 is 2.95 Å². The summed E-state index contributed by atoms with van der Waals surface area (Å²) < 4.78 is 1.71. The van der Waals surface area contributed by atoms with Crippen molar-refractivity contribution in [1.82, 2.24) is 0 Å². The highest BCUT2D eigenvalue weighted by molar-refractivity contribution is 9.25. The summed E-state index contributed by atoms with van der Waals surface area (Å²) >= 11 is 6.46. The van der Waals surface area contributed by atoms with Crippen molar-refractivity contribution in [3.8, 4) is 0 Å². The lowest BCUT2D eigenvalue weighted by atomic mass is 10.3. The minimum absolute atomic E-state index is 0. The van der Waals surface area contributed by atoms with E-state index in [1.165, 1.54) is 0 Å². The lowest BCUT2D eigenvalue weighted by Gasteiger charge is -2.03. The first-order valence-corrected chi connectivity index (χ1v) is 3.89. The van der Waals surface area contributed by atoms with Crippen molar-refractivity contribution in [3.63, 3.8) is 0 Å². The molecule has 0 bridgehead atoms. The summed E-state index contributed by atoms with van der Waals surface area (Å²) in [5, 5.41) is 0. The molecule has 10 heavy (non-hydrogen) atoms. The molecular formula is C6H6Br2ClN. The fourth-order valence-corrected chi connectivity index (χ4v) is 1.01. The molecule has 0 atom stereocenters. The number of benzene rings is 1. The van der Waals surface area contributed by atoms with Gasteiger partial charge in [0.15, 0.2) is 0 Å². The smallest absolute Gasteiger partial charge is 0.0617 e. The van der Waals surface area contributed by atoms with Crippen LogP contribution in [0.3, 0.4) is 0 Å². The first-order chi connectivity index (χ1) is 4.30. The number of anilines is 1. The van der Waals surface area contributed by atoms with Crippen molar-refractivity contribution in [1.29, 1.82) is 0 Å². The number of halogens is 3. The van der Waals surface area contributed by atoms with E-state index in [2.05, 4.69) is 32.3 Å². The lowest BCUT2D eigenvalue weighted by Crippen LogP contribution is -1.87. The van der Waals surface area contributed by atoms with E-state index >= 15 is 0 Å². The standard InChI is InChI=1S/C6H5Br2N.ClH/c7-9(8)6-4-2-1-3-5-6;/h1-5H;1H. The van der Waals surface area contributed by atoms with Gasteiger partial charge in [-0.15, -0.1) is 12.4 Å². The van der Waals surface area contributed by atoms with Crippen LogP contribution in [0.25, 0.3) is 0 Å². The van der Waals surface area contributed by atoms with E-state index in [4.69, 9.17) is 0 Å². The molecular weight excluding hydrogens is 281 g/mol. The van der Waals surface area contributed by atoms with Gasteiger partial charge in [-0.05, 0) is 12.1 Å². The van der Waals surface area contributed by atoms with E-state index in [0.717, 1.165) is 5.69 Å². The van der Waals surface area contributed by atoms with Crippen molar-refractivity contribution in [3.05, 3.63) is 30.3 Å². The number of hydrogen-bond acceptors (Lipinski definition) is 1. The second kappa shape index (κ2) is 4.99. The Balaban J connectivity index is 0.000000810. The molecule has 1 aromatic carbocycles. The molecule has 0 aromatic heterocycles. The number of hydrogen-bond donors (Lipinski definition) is 0. The third-order valence-electron chi connectivity index (χ3n) is 0.951. The van der Waals surface area contributed by atoms with Crippen LogP contribution in [-0.2, 0) is 0 Å².